The number of aromatic nitrogens is 3. The molecule has 476 valence electrons. The molecule has 3 fully saturated rings. The molecule has 28 heteroatoms. The van der Waals surface area contributed by atoms with E-state index in [0.29, 0.717) is 74.1 Å². The van der Waals surface area contributed by atoms with E-state index >= 15 is 8.78 Å². The third-order valence-electron chi connectivity index (χ3n) is 15.2. The molecule has 5 N–H and O–H groups in total. The van der Waals surface area contributed by atoms with Crippen molar-refractivity contribution in [2.24, 2.45) is 10.8 Å². The number of ether oxygens (including phenoxy) is 3. The number of halogens is 10. The van der Waals surface area contributed by atoms with Gasteiger partial charge in [-0.2, -0.15) is 40.2 Å². The van der Waals surface area contributed by atoms with Gasteiger partial charge in [0.15, 0.2) is 0 Å². The van der Waals surface area contributed by atoms with Crippen LogP contribution in [0, 0.1) is 34.3 Å². The summed E-state index contributed by atoms with van der Waals surface area (Å²) in [6.45, 7) is 8.45. The number of aliphatic hydroxyl groups excluding tert-OH is 1. The largest absolute Gasteiger partial charge is 0.444 e. The van der Waals surface area contributed by atoms with Crippen molar-refractivity contribution < 1.29 is 82.4 Å². The summed E-state index contributed by atoms with van der Waals surface area (Å²) in [4.78, 5) is 64.5. The van der Waals surface area contributed by atoms with Crippen LogP contribution in [-0.2, 0) is 36.8 Å². The molecule has 0 saturated carbocycles. The Kier molecular flexibility index (Phi) is 20.3. The maximum atomic E-state index is 16.2. The van der Waals surface area contributed by atoms with E-state index in [1.54, 1.807) is 18.3 Å². The second-order valence-electron chi connectivity index (χ2n) is 25.0. The SMILES string of the molecule is CC(C)(C)OC(=O)N[C@H](C(=O)N[C@@H](Cc1ccc(C#Cc2ccc(N3CC4CCC(C3)N4C3COC3)nc2)cc1)[C@@H](O)CN(Cc1c(F)cc(-c2ccn(C(F)F)n2)cc1F)NC(=O)[C@@H](NC(=O)OC(C)(C)C)C(C)(C)C(F)(F)F)C(C)(C)C(F)(F)F. The molecule has 3 aliphatic heterocycles. The molecule has 18 nitrogen and oxygen atoms in total. The number of anilines is 1. The number of nitrogens with one attached hydrogen (secondary N) is 4. The van der Waals surface area contributed by atoms with Crippen LogP contribution >= 0.6 is 0 Å². The van der Waals surface area contributed by atoms with Crippen LogP contribution in [0.25, 0.3) is 11.3 Å². The number of alkyl halides is 8. The summed E-state index contributed by atoms with van der Waals surface area (Å²) in [5, 5.41) is 22.6. The summed E-state index contributed by atoms with van der Waals surface area (Å²) in [5.74, 6) is 0.815. The number of piperazine rings is 1. The van der Waals surface area contributed by atoms with E-state index in [1.807, 2.05) is 22.8 Å². The minimum atomic E-state index is -5.26. The molecule has 87 heavy (non-hydrogen) atoms. The topological polar surface area (TPSA) is 205 Å². The number of alkyl carbamates (subject to hydrolysis) is 2. The second-order valence-corrected chi connectivity index (χ2v) is 25.0. The molecule has 0 radical (unpaired) electrons. The van der Waals surface area contributed by atoms with Gasteiger partial charge in [-0.25, -0.2) is 33.0 Å². The number of hydrogen-bond donors (Lipinski definition) is 5. The van der Waals surface area contributed by atoms with E-state index < -0.39 is 126 Å². The first-order valence-electron chi connectivity index (χ1n) is 27.9. The van der Waals surface area contributed by atoms with Crippen LogP contribution in [0.4, 0.5) is 59.3 Å². The Morgan fingerprint density at radius 3 is 1.70 bits per heavy atom. The number of hydrogen-bond acceptors (Lipinski definition) is 13. The van der Waals surface area contributed by atoms with E-state index in [4.69, 9.17) is 14.2 Å². The summed E-state index contributed by atoms with van der Waals surface area (Å²) in [5.41, 5.74) is -7.01. The quantitative estimate of drug-likeness (QED) is 0.0338. The van der Waals surface area contributed by atoms with Crippen LogP contribution in [0.5, 0.6) is 0 Å². The lowest BCUT2D eigenvalue weighted by atomic mass is 9.82. The summed E-state index contributed by atoms with van der Waals surface area (Å²) in [6, 6.07) is 6.60. The normalized spacial score (nSPS) is 18.4. The highest BCUT2D eigenvalue weighted by Crippen LogP contribution is 2.42. The number of fused-ring (bicyclic) bond motifs is 2. The Morgan fingerprint density at radius 1 is 0.724 bits per heavy atom. The van der Waals surface area contributed by atoms with E-state index in [1.165, 1.54) is 53.7 Å². The number of carbonyl (C=O) groups excluding carboxylic acids is 4. The van der Waals surface area contributed by atoms with Crippen molar-refractivity contribution in [1.29, 1.82) is 0 Å². The number of hydrazine groups is 1. The van der Waals surface area contributed by atoms with Gasteiger partial charge in [-0.1, -0.05) is 24.0 Å². The molecule has 0 spiro atoms. The fourth-order valence-corrected chi connectivity index (χ4v) is 10.2. The molecule has 4 aromatic rings. The molecular formula is C59H72F10N10O8. The van der Waals surface area contributed by atoms with Crippen molar-refractivity contribution in [1.82, 2.24) is 46.0 Å². The minimum absolute atomic E-state index is 0.204. The highest BCUT2D eigenvalue weighted by molar-refractivity contribution is 5.87. The van der Waals surface area contributed by atoms with Gasteiger partial charge in [-0.05, 0) is 137 Å². The summed E-state index contributed by atoms with van der Waals surface area (Å²) in [6.07, 6.45) is -11.4. The first kappa shape index (κ1) is 67.3. The molecular weight excluding hydrogens is 1170 g/mol. The number of pyridine rings is 1. The smallest absolute Gasteiger partial charge is 0.408 e. The van der Waals surface area contributed by atoms with Crippen molar-refractivity contribution in [3.05, 3.63) is 101 Å². The zero-order valence-corrected chi connectivity index (χ0v) is 49.6. The van der Waals surface area contributed by atoms with Gasteiger partial charge in [-0.15, -0.1) is 0 Å². The minimum Gasteiger partial charge on any atom is -0.444 e. The highest BCUT2D eigenvalue weighted by Gasteiger charge is 2.58. The number of aliphatic hydroxyl groups is 1. The predicted molar refractivity (Wildman–Crippen MR) is 297 cm³/mol. The lowest BCUT2D eigenvalue weighted by molar-refractivity contribution is -0.221. The molecule has 4 amide bonds. The highest BCUT2D eigenvalue weighted by atomic mass is 19.4. The maximum absolute atomic E-state index is 16.2. The Bertz CT molecular complexity index is 3110. The van der Waals surface area contributed by atoms with Crippen molar-refractivity contribution in [2.75, 3.05) is 37.7 Å². The fourth-order valence-electron chi connectivity index (χ4n) is 10.2. The summed E-state index contributed by atoms with van der Waals surface area (Å²) >= 11 is 0. The van der Waals surface area contributed by atoms with Crippen LogP contribution in [0.2, 0.25) is 0 Å². The number of nitrogens with zero attached hydrogens (tertiary/aromatic N) is 6. The van der Waals surface area contributed by atoms with Crippen LogP contribution < -0.4 is 26.3 Å². The van der Waals surface area contributed by atoms with Gasteiger partial charge < -0.3 is 40.2 Å². The van der Waals surface area contributed by atoms with E-state index in [-0.39, 0.29) is 21.5 Å². The number of benzene rings is 2. The number of rotatable bonds is 19. The molecule has 3 saturated heterocycles. The fraction of sp³-hybridized carbons (Fsp3) is 0.559. The van der Waals surface area contributed by atoms with E-state index in [9.17, 15) is 59.4 Å². The van der Waals surface area contributed by atoms with Gasteiger partial charge in [0.1, 0.15) is 40.7 Å². The molecule has 2 aromatic carbocycles. The van der Waals surface area contributed by atoms with Gasteiger partial charge in [0, 0.05) is 72.9 Å². The standard InChI is InChI=1S/C59H72F10N10O8/c1-54(2,3)86-52(83)72-47(56(7,8)58(64,65)66)49(81)71-44(23-34-14-11-33(12-15-34)13-16-35-17-20-46(70-26-35)76-27-37-18-19-38(28-76)79(37)39-31-85-32-39)45(80)30-77(29-40-41(60)24-36(25-42(40)61)43-21-22-78(74-43)51(62)63)75-50(82)48(57(9,10)59(67,68)69)73-53(84)87-55(4,5)6/h11-12,14-15,17,20-22,24-26,37-39,44-45,47-48,51,80H,18-19,23,27-32H2,1-10H3,(H,71,81)(H,72,83)(H,73,84)(H,75,82)/t37?,38?,44-,45-,47+,48+/m0/s1. The van der Waals surface area contributed by atoms with Gasteiger partial charge in [0.25, 0.3) is 5.91 Å². The molecule has 2 unspecified atom stereocenters. The molecule has 2 aromatic heterocycles. The van der Waals surface area contributed by atoms with Crippen LogP contribution in [0.15, 0.2) is 67.0 Å². The van der Waals surface area contributed by atoms with Crippen LogP contribution in [0.3, 0.4) is 0 Å². The Morgan fingerprint density at radius 2 is 1.24 bits per heavy atom. The molecule has 3 aliphatic rings. The third kappa shape index (κ3) is 16.9. The number of carbonyl (C=O) groups is 4. The first-order chi connectivity index (χ1) is 40.3. The van der Waals surface area contributed by atoms with Crippen LogP contribution in [0.1, 0.15) is 111 Å². The van der Waals surface area contributed by atoms with Gasteiger partial charge in [0.05, 0.1) is 47.9 Å². The monoisotopic (exact) mass is 1240 g/mol. The van der Waals surface area contributed by atoms with Crippen LogP contribution in [-0.4, -0.2) is 153 Å². The third-order valence-corrected chi connectivity index (χ3v) is 15.2. The maximum Gasteiger partial charge on any atom is 0.408 e. The average Bonchev–Trinajstić information content (AvgIpc) is 1.82. The molecule has 6 atom stereocenters. The van der Waals surface area contributed by atoms with Crippen molar-refractivity contribution >= 4 is 29.8 Å². The molecule has 2 bridgehead atoms. The van der Waals surface area contributed by atoms with Crippen molar-refractivity contribution in [2.45, 2.75) is 168 Å². The van der Waals surface area contributed by atoms with Gasteiger partial charge >= 0.3 is 31.1 Å². The molecule has 5 heterocycles. The average molecular weight is 1240 g/mol. The van der Waals surface area contributed by atoms with Crippen molar-refractivity contribution in [3.63, 3.8) is 0 Å². The van der Waals surface area contributed by atoms with E-state index in [0.717, 1.165) is 57.2 Å². The van der Waals surface area contributed by atoms with Gasteiger partial charge in [-0.3, -0.25) is 19.9 Å². The Balaban J connectivity index is 1.21. The Hall–Kier alpha value is -7.22. The number of amides is 4. The zero-order chi connectivity index (χ0) is 64.4. The first-order valence-corrected chi connectivity index (χ1v) is 27.9. The molecule has 7 rings (SSSR count). The summed E-state index contributed by atoms with van der Waals surface area (Å²) < 4.78 is 164. The predicted octanol–water partition coefficient (Wildman–Crippen LogP) is 8.96. The lowest BCUT2D eigenvalue weighted by Crippen LogP contribution is -2.64. The zero-order valence-electron chi connectivity index (χ0n) is 49.6. The van der Waals surface area contributed by atoms with Crippen molar-refractivity contribution in [3.8, 4) is 23.1 Å². The second kappa shape index (κ2) is 26.2. The van der Waals surface area contributed by atoms with Gasteiger partial charge in [0.2, 0.25) is 5.91 Å². The molecule has 0 aliphatic carbocycles. The van der Waals surface area contributed by atoms with E-state index in [2.05, 4.69) is 42.5 Å². The Labute approximate surface area is 497 Å². The summed E-state index contributed by atoms with van der Waals surface area (Å²) in [7, 11) is 0. The lowest BCUT2D eigenvalue weighted by Gasteiger charge is -2.47.